The minimum absolute atomic E-state index is 0.0882. The molecule has 2 heterocycles. The molecule has 1 aliphatic heterocycles. The van der Waals surface area contributed by atoms with Crippen LogP contribution in [0.2, 0.25) is 0 Å². The number of furan rings is 1. The van der Waals surface area contributed by atoms with Gasteiger partial charge in [-0.3, -0.25) is 4.90 Å². The molecule has 2 rings (SSSR count). The number of hydrogen-bond donors (Lipinski definition) is 1. The number of urea groups is 1. The van der Waals surface area contributed by atoms with E-state index in [1.807, 2.05) is 0 Å². The standard InChI is InChI=1S/C15H22F3N3O3/c16-15(17,18)12-24-8-1-3-20-4-6-21(7-5-20)14(22)19-10-13-2-9-23-11-13/h2,9,11H,1,3-8,10,12H2,(H,19,22). The number of rotatable bonds is 7. The first kappa shape index (κ1) is 18.6. The van der Waals surface area contributed by atoms with Crippen molar-refractivity contribution in [1.29, 1.82) is 0 Å². The summed E-state index contributed by atoms with van der Waals surface area (Å²) in [6.45, 7) is 2.59. The SMILES string of the molecule is O=C(NCc1ccoc1)N1CCN(CCCOCC(F)(F)F)CC1. The van der Waals surface area contributed by atoms with Crippen molar-refractivity contribution >= 4 is 6.03 Å². The fourth-order valence-electron chi connectivity index (χ4n) is 2.44. The van der Waals surface area contributed by atoms with E-state index in [9.17, 15) is 18.0 Å². The average Bonchev–Trinajstić information content (AvgIpc) is 3.05. The summed E-state index contributed by atoms with van der Waals surface area (Å²) in [5.74, 6) is 0. The normalized spacial score (nSPS) is 16.4. The van der Waals surface area contributed by atoms with Gasteiger partial charge in [0.1, 0.15) is 6.61 Å². The van der Waals surface area contributed by atoms with Crippen LogP contribution in [0.3, 0.4) is 0 Å². The van der Waals surface area contributed by atoms with Crippen molar-refractivity contribution in [1.82, 2.24) is 15.1 Å². The number of ether oxygens (including phenoxy) is 1. The van der Waals surface area contributed by atoms with Gasteiger partial charge >= 0.3 is 12.2 Å². The van der Waals surface area contributed by atoms with Crippen LogP contribution in [0.15, 0.2) is 23.0 Å². The van der Waals surface area contributed by atoms with Gasteiger partial charge in [-0.05, 0) is 12.5 Å². The van der Waals surface area contributed by atoms with E-state index in [0.29, 0.717) is 45.7 Å². The Morgan fingerprint density at radius 3 is 2.67 bits per heavy atom. The minimum atomic E-state index is -4.27. The fourth-order valence-corrected chi connectivity index (χ4v) is 2.44. The molecule has 1 saturated heterocycles. The van der Waals surface area contributed by atoms with E-state index in [2.05, 4.69) is 15.0 Å². The number of halogens is 3. The smallest absolute Gasteiger partial charge is 0.411 e. The van der Waals surface area contributed by atoms with Crippen LogP contribution < -0.4 is 5.32 Å². The van der Waals surface area contributed by atoms with E-state index in [1.165, 1.54) is 0 Å². The van der Waals surface area contributed by atoms with Gasteiger partial charge in [0.2, 0.25) is 0 Å². The predicted octanol–water partition coefficient (Wildman–Crippen LogP) is 2.08. The summed E-state index contributed by atoms with van der Waals surface area (Å²) in [5, 5.41) is 2.83. The molecule has 0 aromatic carbocycles. The second kappa shape index (κ2) is 8.93. The molecule has 0 radical (unpaired) electrons. The molecule has 0 spiro atoms. The van der Waals surface area contributed by atoms with Gasteiger partial charge in [-0.25, -0.2) is 4.79 Å². The van der Waals surface area contributed by atoms with E-state index in [0.717, 1.165) is 5.56 Å². The Morgan fingerprint density at radius 2 is 2.04 bits per heavy atom. The van der Waals surface area contributed by atoms with E-state index in [-0.39, 0.29) is 12.6 Å². The second-order valence-corrected chi connectivity index (χ2v) is 5.64. The molecule has 1 aliphatic rings. The van der Waals surface area contributed by atoms with E-state index in [1.54, 1.807) is 23.5 Å². The van der Waals surface area contributed by atoms with Crippen molar-refractivity contribution in [2.75, 3.05) is 45.9 Å². The maximum absolute atomic E-state index is 12.0. The molecule has 24 heavy (non-hydrogen) atoms. The number of nitrogens with one attached hydrogen (secondary N) is 1. The summed E-state index contributed by atoms with van der Waals surface area (Å²) in [7, 11) is 0. The topological polar surface area (TPSA) is 58.0 Å². The molecule has 1 fully saturated rings. The Balaban J connectivity index is 1.55. The lowest BCUT2D eigenvalue weighted by molar-refractivity contribution is -0.174. The van der Waals surface area contributed by atoms with E-state index < -0.39 is 12.8 Å². The third-order valence-electron chi connectivity index (χ3n) is 3.71. The zero-order chi connectivity index (χ0) is 17.4. The largest absolute Gasteiger partial charge is 0.472 e. The first-order valence-corrected chi connectivity index (χ1v) is 7.85. The van der Waals surface area contributed by atoms with Crippen LogP contribution in [0.4, 0.5) is 18.0 Å². The van der Waals surface area contributed by atoms with Gasteiger partial charge in [0, 0.05) is 51.4 Å². The molecule has 1 N–H and O–H groups in total. The summed E-state index contributed by atoms with van der Waals surface area (Å²) in [4.78, 5) is 15.9. The average molecular weight is 349 g/mol. The quantitative estimate of drug-likeness (QED) is 0.766. The molecule has 9 heteroatoms. The molecule has 0 aliphatic carbocycles. The van der Waals surface area contributed by atoms with E-state index >= 15 is 0 Å². The van der Waals surface area contributed by atoms with Crippen molar-refractivity contribution in [2.24, 2.45) is 0 Å². The molecule has 1 aromatic heterocycles. The molecule has 0 unspecified atom stereocenters. The number of carbonyl (C=O) groups excluding carboxylic acids is 1. The van der Waals surface area contributed by atoms with Gasteiger partial charge < -0.3 is 19.4 Å². The van der Waals surface area contributed by atoms with Gasteiger partial charge in [0.25, 0.3) is 0 Å². The Hall–Kier alpha value is -1.74. The first-order valence-electron chi connectivity index (χ1n) is 7.85. The Labute approximate surface area is 138 Å². The zero-order valence-corrected chi connectivity index (χ0v) is 13.3. The van der Waals surface area contributed by atoms with Crippen LogP contribution in [0.5, 0.6) is 0 Å². The van der Waals surface area contributed by atoms with Crippen LogP contribution >= 0.6 is 0 Å². The lowest BCUT2D eigenvalue weighted by atomic mass is 10.3. The molecule has 2 amide bonds. The van der Waals surface area contributed by atoms with Gasteiger partial charge in [0.05, 0.1) is 12.5 Å². The molecule has 1 aromatic rings. The van der Waals surface area contributed by atoms with Gasteiger partial charge in [-0.2, -0.15) is 13.2 Å². The molecular formula is C15H22F3N3O3. The summed E-state index contributed by atoms with van der Waals surface area (Å²) in [5.41, 5.74) is 0.904. The third kappa shape index (κ3) is 6.79. The van der Waals surface area contributed by atoms with Crippen LogP contribution in [-0.4, -0.2) is 67.9 Å². The van der Waals surface area contributed by atoms with Crippen LogP contribution in [0, 0.1) is 0 Å². The number of carbonyl (C=O) groups is 1. The fraction of sp³-hybridized carbons (Fsp3) is 0.667. The monoisotopic (exact) mass is 349 g/mol. The number of nitrogens with zero attached hydrogens (tertiary/aromatic N) is 2. The Bertz CT molecular complexity index is 486. The van der Waals surface area contributed by atoms with Gasteiger partial charge in [-0.15, -0.1) is 0 Å². The van der Waals surface area contributed by atoms with Crippen LogP contribution in [0.1, 0.15) is 12.0 Å². The highest BCUT2D eigenvalue weighted by molar-refractivity contribution is 5.74. The molecule has 0 bridgehead atoms. The highest BCUT2D eigenvalue weighted by Crippen LogP contribution is 2.14. The second-order valence-electron chi connectivity index (χ2n) is 5.64. The maximum atomic E-state index is 12.0. The molecule has 0 saturated carbocycles. The van der Waals surface area contributed by atoms with Gasteiger partial charge in [-0.1, -0.05) is 0 Å². The lowest BCUT2D eigenvalue weighted by Gasteiger charge is -2.34. The summed E-state index contributed by atoms with van der Waals surface area (Å²) < 4.78 is 45.3. The number of hydrogen-bond acceptors (Lipinski definition) is 4. The van der Waals surface area contributed by atoms with Crippen molar-refractivity contribution in [2.45, 2.75) is 19.1 Å². The third-order valence-corrected chi connectivity index (χ3v) is 3.71. The Morgan fingerprint density at radius 1 is 1.29 bits per heavy atom. The van der Waals surface area contributed by atoms with Crippen molar-refractivity contribution < 1.29 is 27.1 Å². The number of amides is 2. The zero-order valence-electron chi connectivity index (χ0n) is 13.3. The lowest BCUT2D eigenvalue weighted by Crippen LogP contribution is -2.51. The van der Waals surface area contributed by atoms with Gasteiger partial charge in [0.15, 0.2) is 0 Å². The van der Waals surface area contributed by atoms with Crippen molar-refractivity contribution in [3.63, 3.8) is 0 Å². The highest BCUT2D eigenvalue weighted by Gasteiger charge is 2.27. The summed E-state index contributed by atoms with van der Waals surface area (Å²) in [6.07, 6.45) is -0.587. The first-order chi connectivity index (χ1) is 11.4. The minimum Gasteiger partial charge on any atom is -0.472 e. The molecule has 136 valence electrons. The van der Waals surface area contributed by atoms with Crippen LogP contribution in [-0.2, 0) is 11.3 Å². The van der Waals surface area contributed by atoms with E-state index in [4.69, 9.17) is 4.42 Å². The highest BCUT2D eigenvalue weighted by atomic mass is 19.4. The summed E-state index contributed by atoms with van der Waals surface area (Å²) >= 11 is 0. The summed E-state index contributed by atoms with van der Waals surface area (Å²) in [6, 6.07) is 1.67. The molecular weight excluding hydrogens is 327 g/mol. The van der Waals surface area contributed by atoms with Crippen molar-refractivity contribution in [3.05, 3.63) is 24.2 Å². The molecule has 6 nitrogen and oxygen atoms in total. The predicted molar refractivity (Wildman–Crippen MR) is 80.4 cm³/mol. The maximum Gasteiger partial charge on any atom is 0.411 e. The number of alkyl halides is 3. The van der Waals surface area contributed by atoms with Crippen LogP contribution in [0.25, 0.3) is 0 Å². The van der Waals surface area contributed by atoms with Crippen molar-refractivity contribution in [3.8, 4) is 0 Å². The Kier molecular flexibility index (Phi) is 6.92. The molecule has 0 atom stereocenters. The number of piperazine rings is 1.